The highest BCUT2D eigenvalue weighted by atomic mass is 32.2. The predicted octanol–water partition coefficient (Wildman–Crippen LogP) is 5.13. The van der Waals surface area contributed by atoms with E-state index in [-0.39, 0.29) is 17.1 Å². The van der Waals surface area contributed by atoms with E-state index in [4.69, 9.17) is 0 Å². The van der Waals surface area contributed by atoms with Crippen LogP contribution in [0, 0.1) is 5.92 Å². The van der Waals surface area contributed by atoms with Gasteiger partial charge in [0.25, 0.3) is 0 Å². The normalized spacial score (nSPS) is 20.0. The lowest BCUT2D eigenvalue weighted by Crippen LogP contribution is -2.17. The number of ketones is 1. The molecule has 0 saturated heterocycles. The van der Waals surface area contributed by atoms with Gasteiger partial charge in [-0.2, -0.15) is 11.8 Å². The van der Waals surface area contributed by atoms with Gasteiger partial charge in [-0.05, 0) is 60.6 Å². The number of rotatable bonds is 12. The summed E-state index contributed by atoms with van der Waals surface area (Å²) in [6, 6.07) is 10.6. The molecule has 31 heavy (non-hydrogen) atoms. The zero-order valence-corrected chi connectivity index (χ0v) is 20.3. The Kier molecular flexibility index (Phi) is 9.96. The molecule has 1 aromatic carbocycles. The van der Waals surface area contributed by atoms with Crippen molar-refractivity contribution in [3.05, 3.63) is 47.4 Å². The van der Waals surface area contributed by atoms with E-state index in [2.05, 4.69) is 41.1 Å². The van der Waals surface area contributed by atoms with Crippen LogP contribution in [0.5, 0.6) is 0 Å². The summed E-state index contributed by atoms with van der Waals surface area (Å²) in [7, 11) is 1.40. The minimum absolute atomic E-state index is 0.00310. The van der Waals surface area contributed by atoms with E-state index in [1.54, 1.807) is 34.9 Å². The first-order valence-electron chi connectivity index (χ1n) is 10.7. The number of carbonyl (C=O) groups is 2. The highest BCUT2D eigenvalue weighted by Crippen LogP contribution is 2.34. The topological polar surface area (TPSA) is 63.6 Å². The molecular weight excluding hydrogens is 448 g/mol. The summed E-state index contributed by atoms with van der Waals surface area (Å²) < 4.78 is 5.92. The van der Waals surface area contributed by atoms with Gasteiger partial charge in [-0.3, -0.25) is 9.59 Å². The number of aliphatic hydroxyl groups is 1. The standard InChI is InChI=1S/C24H30O4S3/c1-28-23(27)16-29-13-4-14-30-24-17(8-12-21(24)26)7-9-19(25)10-11-20-15-18-5-2-3-6-22(18)31-20/h2-3,5-7,9,15,17,19,24-25H,4,8,10-14,16H2,1H3/t17-,19?,24+/m0/s1. The number of Topliss-reactive ketones (excluding diaryl/α,β-unsaturated/α-hetero) is 1. The van der Waals surface area contributed by atoms with Gasteiger partial charge in [0, 0.05) is 16.0 Å². The fourth-order valence-electron chi connectivity index (χ4n) is 3.66. The van der Waals surface area contributed by atoms with Crippen molar-refractivity contribution in [1.29, 1.82) is 0 Å². The summed E-state index contributed by atoms with van der Waals surface area (Å²) in [6.45, 7) is 0. The maximum atomic E-state index is 12.3. The number of thiophene rings is 1. The summed E-state index contributed by atoms with van der Waals surface area (Å²) >= 11 is 5.08. The van der Waals surface area contributed by atoms with Gasteiger partial charge in [0.2, 0.25) is 0 Å². The molecule has 1 unspecified atom stereocenters. The highest BCUT2D eigenvalue weighted by Gasteiger charge is 2.33. The van der Waals surface area contributed by atoms with Crippen LogP contribution in [0.4, 0.5) is 0 Å². The summed E-state index contributed by atoms with van der Waals surface area (Å²) in [5.74, 6) is 2.51. The molecule has 1 saturated carbocycles. The zero-order chi connectivity index (χ0) is 22.1. The molecular formula is C24H30O4S3. The first-order chi connectivity index (χ1) is 15.1. The van der Waals surface area contributed by atoms with E-state index in [9.17, 15) is 14.7 Å². The molecule has 1 aromatic heterocycles. The molecule has 0 radical (unpaired) electrons. The summed E-state index contributed by atoms with van der Waals surface area (Å²) in [5.41, 5.74) is 0. The molecule has 0 bridgehead atoms. The van der Waals surface area contributed by atoms with E-state index in [1.165, 1.54) is 22.1 Å². The zero-order valence-electron chi connectivity index (χ0n) is 17.8. The number of allylic oxidation sites excluding steroid dienone is 1. The van der Waals surface area contributed by atoms with Crippen molar-refractivity contribution < 1.29 is 19.4 Å². The third kappa shape index (κ3) is 7.67. The van der Waals surface area contributed by atoms with E-state index >= 15 is 0 Å². The number of methoxy groups -OCH3 is 1. The van der Waals surface area contributed by atoms with Crippen molar-refractivity contribution in [2.75, 3.05) is 24.4 Å². The minimum Gasteiger partial charge on any atom is -0.468 e. The largest absolute Gasteiger partial charge is 0.468 e. The van der Waals surface area contributed by atoms with Gasteiger partial charge in [-0.25, -0.2) is 0 Å². The smallest absolute Gasteiger partial charge is 0.315 e. The molecule has 3 rings (SSSR count). The van der Waals surface area contributed by atoms with Crippen LogP contribution in [-0.4, -0.2) is 52.6 Å². The van der Waals surface area contributed by atoms with E-state index in [0.29, 0.717) is 24.4 Å². The molecule has 1 fully saturated rings. The van der Waals surface area contributed by atoms with Gasteiger partial charge in [0.15, 0.2) is 0 Å². The molecule has 0 spiro atoms. The first-order valence-corrected chi connectivity index (χ1v) is 13.7. The number of benzene rings is 1. The second-order valence-electron chi connectivity index (χ2n) is 7.68. The van der Waals surface area contributed by atoms with Crippen molar-refractivity contribution in [3.8, 4) is 0 Å². The average molecular weight is 479 g/mol. The van der Waals surface area contributed by atoms with Gasteiger partial charge in [-0.1, -0.05) is 30.4 Å². The van der Waals surface area contributed by atoms with Crippen molar-refractivity contribution in [1.82, 2.24) is 0 Å². The number of aryl methyl sites for hydroxylation is 1. The molecule has 1 heterocycles. The van der Waals surface area contributed by atoms with Gasteiger partial charge < -0.3 is 9.84 Å². The number of aliphatic hydroxyl groups excluding tert-OH is 1. The van der Waals surface area contributed by atoms with Crippen LogP contribution in [0.3, 0.4) is 0 Å². The summed E-state index contributed by atoms with van der Waals surface area (Å²) in [6.07, 6.45) is 7.47. The maximum Gasteiger partial charge on any atom is 0.315 e. The molecule has 1 N–H and O–H groups in total. The Bertz CT molecular complexity index is 859. The van der Waals surface area contributed by atoms with Crippen LogP contribution in [0.15, 0.2) is 42.5 Å². The van der Waals surface area contributed by atoms with Crippen LogP contribution < -0.4 is 0 Å². The molecule has 2 aromatic rings. The second-order valence-corrected chi connectivity index (χ2v) is 11.2. The Morgan fingerprint density at radius 2 is 2.19 bits per heavy atom. The summed E-state index contributed by atoms with van der Waals surface area (Å²) in [5, 5.41) is 11.7. The Balaban J connectivity index is 1.39. The van der Waals surface area contributed by atoms with Crippen LogP contribution in [-0.2, 0) is 20.7 Å². The van der Waals surface area contributed by atoms with E-state index < -0.39 is 6.10 Å². The van der Waals surface area contributed by atoms with E-state index in [0.717, 1.165) is 30.8 Å². The van der Waals surface area contributed by atoms with Crippen LogP contribution in [0.2, 0.25) is 0 Å². The van der Waals surface area contributed by atoms with Crippen molar-refractivity contribution in [2.45, 2.75) is 43.5 Å². The number of ether oxygens (including phenoxy) is 1. The Morgan fingerprint density at radius 1 is 1.35 bits per heavy atom. The molecule has 3 atom stereocenters. The van der Waals surface area contributed by atoms with Gasteiger partial charge in [0.05, 0.1) is 24.2 Å². The number of carbonyl (C=O) groups excluding carboxylic acids is 2. The SMILES string of the molecule is COC(=O)CSCCCS[C@H]1C(=O)CC[C@@H]1C=CC(O)CCc1cc2ccccc2s1. The molecule has 168 valence electrons. The second kappa shape index (κ2) is 12.7. The number of hydrogen-bond acceptors (Lipinski definition) is 7. The lowest BCUT2D eigenvalue weighted by atomic mass is 10.0. The fraction of sp³-hybridized carbons (Fsp3) is 0.500. The van der Waals surface area contributed by atoms with Gasteiger partial charge in [0.1, 0.15) is 5.78 Å². The van der Waals surface area contributed by atoms with Crippen molar-refractivity contribution >= 4 is 56.7 Å². The maximum absolute atomic E-state index is 12.3. The molecule has 4 nitrogen and oxygen atoms in total. The quantitative estimate of drug-likeness (QED) is 0.259. The van der Waals surface area contributed by atoms with Crippen LogP contribution in [0.1, 0.15) is 30.6 Å². The summed E-state index contributed by atoms with van der Waals surface area (Å²) in [4.78, 5) is 24.7. The number of fused-ring (bicyclic) bond motifs is 1. The highest BCUT2D eigenvalue weighted by molar-refractivity contribution is 8.01. The van der Waals surface area contributed by atoms with Gasteiger partial charge in [-0.15, -0.1) is 23.1 Å². The predicted molar refractivity (Wildman–Crippen MR) is 133 cm³/mol. The number of esters is 1. The first kappa shape index (κ1) is 24.4. The average Bonchev–Trinajstić information content (AvgIpc) is 3.35. The van der Waals surface area contributed by atoms with Crippen molar-refractivity contribution in [3.63, 3.8) is 0 Å². The number of hydrogen-bond donors (Lipinski definition) is 1. The molecule has 0 amide bonds. The van der Waals surface area contributed by atoms with Crippen LogP contribution in [0.25, 0.3) is 10.1 Å². The number of thioether (sulfide) groups is 2. The monoisotopic (exact) mass is 478 g/mol. The van der Waals surface area contributed by atoms with Crippen LogP contribution >= 0.6 is 34.9 Å². The minimum atomic E-state index is -0.485. The molecule has 7 heteroatoms. The lowest BCUT2D eigenvalue weighted by molar-refractivity contribution is -0.137. The van der Waals surface area contributed by atoms with Gasteiger partial charge >= 0.3 is 5.97 Å². The Morgan fingerprint density at radius 3 is 3.00 bits per heavy atom. The fourth-order valence-corrected chi connectivity index (χ4v) is 7.04. The van der Waals surface area contributed by atoms with E-state index in [1.807, 2.05) is 6.08 Å². The molecule has 1 aliphatic carbocycles. The van der Waals surface area contributed by atoms with Crippen molar-refractivity contribution in [2.24, 2.45) is 5.92 Å². The molecule has 0 aliphatic heterocycles. The third-order valence-electron chi connectivity index (χ3n) is 5.35. The third-order valence-corrected chi connectivity index (χ3v) is 9.04. The molecule has 1 aliphatic rings. The lowest BCUT2D eigenvalue weighted by Gasteiger charge is -2.15. The Labute approximate surface area is 196 Å². The Hall–Kier alpha value is -1.28.